The van der Waals surface area contributed by atoms with Crippen LogP contribution in [0.5, 0.6) is 0 Å². The van der Waals surface area contributed by atoms with E-state index in [1.165, 1.54) is 0 Å². The molecule has 0 unspecified atom stereocenters. The van der Waals surface area contributed by atoms with Gasteiger partial charge < -0.3 is 33.9 Å². The van der Waals surface area contributed by atoms with Gasteiger partial charge >= 0.3 is 0 Å². The van der Waals surface area contributed by atoms with Gasteiger partial charge in [0.15, 0.2) is 0 Å². The van der Waals surface area contributed by atoms with Crippen LogP contribution in [0.25, 0.3) is 11.1 Å². The molecule has 10 heteroatoms. The number of benzene rings is 2. The van der Waals surface area contributed by atoms with Crippen LogP contribution in [0.4, 0.5) is 22.7 Å². The SMILES string of the molecule is Cl.Cl.Cl.Cl.Nc1ccc(-c2ccc(N)c(N)c2N)cc1.O.O. The summed E-state index contributed by atoms with van der Waals surface area (Å²) < 4.78 is 0. The summed E-state index contributed by atoms with van der Waals surface area (Å²) >= 11 is 0. The molecule has 0 aliphatic heterocycles. The standard InChI is InChI=1S/C12H14N4.4ClH.2H2O/c13-8-3-1-7(2-4-8)9-5-6-10(14)12(16)11(9)15;;;;;;/h1-6H,13-16H2;4*1H;2*1H2. The predicted molar refractivity (Wildman–Crippen MR) is 106 cm³/mol. The van der Waals surface area contributed by atoms with E-state index >= 15 is 0 Å². The van der Waals surface area contributed by atoms with Crippen LogP contribution in [-0.4, -0.2) is 11.0 Å². The molecule has 6 nitrogen and oxygen atoms in total. The van der Waals surface area contributed by atoms with E-state index in [0.717, 1.165) is 11.1 Å². The number of anilines is 4. The molecule has 12 N–H and O–H groups in total. The van der Waals surface area contributed by atoms with Crippen molar-refractivity contribution in [1.29, 1.82) is 0 Å². The molecule has 0 aliphatic carbocycles. The van der Waals surface area contributed by atoms with E-state index in [0.29, 0.717) is 22.7 Å². The quantitative estimate of drug-likeness (QED) is 0.539. The fourth-order valence-electron chi connectivity index (χ4n) is 1.57. The molecule has 2 aromatic carbocycles. The average molecular weight is 396 g/mol. The number of rotatable bonds is 1. The summed E-state index contributed by atoms with van der Waals surface area (Å²) in [5, 5.41) is 0. The minimum absolute atomic E-state index is 0. The second-order valence-corrected chi connectivity index (χ2v) is 3.65. The highest BCUT2D eigenvalue weighted by molar-refractivity contribution is 5.90. The van der Waals surface area contributed by atoms with Gasteiger partial charge in [0.2, 0.25) is 0 Å². The highest BCUT2D eigenvalue weighted by Crippen LogP contribution is 2.33. The van der Waals surface area contributed by atoms with E-state index < -0.39 is 0 Å². The van der Waals surface area contributed by atoms with E-state index in [2.05, 4.69) is 0 Å². The average Bonchev–Trinajstić information content (AvgIpc) is 2.28. The lowest BCUT2D eigenvalue weighted by molar-refractivity contribution is 0.823. The molecule has 0 fully saturated rings. The summed E-state index contributed by atoms with van der Waals surface area (Å²) in [5.74, 6) is 0. The van der Waals surface area contributed by atoms with E-state index in [1.807, 2.05) is 30.3 Å². The van der Waals surface area contributed by atoms with Gasteiger partial charge in [-0.1, -0.05) is 18.2 Å². The number of nitrogens with two attached hydrogens (primary N) is 4. The van der Waals surface area contributed by atoms with E-state index in [1.54, 1.807) is 6.07 Å². The van der Waals surface area contributed by atoms with Gasteiger partial charge in [-0.15, -0.1) is 49.6 Å². The minimum atomic E-state index is 0. The van der Waals surface area contributed by atoms with Gasteiger partial charge in [-0.05, 0) is 23.8 Å². The molecule has 2 rings (SSSR count). The van der Waals surface area contributed by atoms with Crippen LogP contribution >= 0.6 is 49.6 Å². The maximum atomic E-state index is 5.92. The summed E-state index contributed by atoms with van der Waals surface area (Å²) in [7, 11) is 0. The summed E-state index contributed by atoms with van der Waals surface area (Å²) in [6.07, 6.45) is 0. The molecule has 0 heterocycles. The predicted octanol–water partition coefficient (Wildman–Crippen LogP) is 1.72. The van der Waals surface area contributed by atoms with Gasteiger partial charge in [0.25, 0.3) is 0 Å². The van der Waals surface area contributed by atoms with Crippen molar-refractivity contribution in [3.63, 3.8) is 0 Å². The van der Waals surface area contributed by atoms with Crippen molar-refractivity contribution < 1.29 is 11.0 Å². The van der Waals surface area contributed by atoms with Crippen molar-refractivity contribution in [1.82, 2.24) is 0 Å². The summed E-state index contributed by atoms with van der Waals surface area (Å²) in [4.78, 5) is 0. The Morgan fingerprint density at radius 2 is 1.00 bits per heavy atom. The minimum Gasteiger partial charge on any atom is -0.412 e. The third-order valence-corrected chi connectivity index (χ3v) is 2.54. The maximum Gasteiger partial charge on any atom is 0.0787 e. The Kier molecular flexibility index (Phi) is 19.8. The molecule has 22 heavy (non-hydrogen) atoms. The van der Waals surface area contributed by atoms with Gasteiger partial charge in [-0.2, -0.15) is 0 Å². The number of halogens is 4. The molecule has 0 spiro atoms. The number of hydrogen-bond donors (Lipinski definition) is 4. The zero-order chi connectivity index (χ0) is 11.7. The highest BCUT2D eigenvalue weighted by atomic mass is 35.5. The van der Waals surface area contributed by atoms with Gasteiger partial charge in [-0.3, -0.25) is 0 Å². The highest BCUT2D eigenvalue weighted by Gasteiger charge is 2.07. The van der Waals surface area contributed by atoms with Crippen molar-refractivity contribution in [2.75, 3.05) is 22.9 Å². The van der Waals surface area contributed by atoms with Crippen molar-refractivity contribution in [3.8, 4) is 11.1 Å². The number of hydrogen-bond acceptors (Lipinski definition) is 4. The molecular weight excluding hydrogens is 374 g/mol. The van der Waals surface area contributed by atoms with Gasteiger partial charge in [0.1, 0.15) is 0 Å². The third kappa shape index (κ3) is 6.65. The monoisotopic (exact) mass is 394 g/mol. The van der Waals surface area contributed by atoms with Crippen LogP contribution in [0.3, 0.4) is 0 Å². The topological polar surface area (TPSA) is 167 Å². The van der Waals surface area contributed by atoms with Crippen molar-refractivity contribution >= 4 is 72.4 Å². The summed E-state index contributed by atoms with van der Waals surface area (Å²) in [6.45, 7) is 0. The van der Waals surface area contributed by atoms with Crippen LogP contribution in [-0.2, 0) is 0 Å². The first-order chi connectivity index (χ1) is 7.59. The summed E-state index contributed by atoms with van der Waals surface area (Å²) in [6, 6.07) is 11.0. The zero-order valence-electron chi connectivity index (χ0n) is 11.4. The van der Waals surface area contributed by atoms with E-state index in [4.69, 9.17) is 22.9 Å². The van der Waals surface area contributed by atoms with Crippen molar-refractivity contribution in [2.45, 2.75) is 0 Å². The Morgan fingerprint density at radius 1 is 0.545 bits per heavy atom. The fourth-order valence-corrected chi connectivity index (χ4v) is 1.57. The largest absolute Gasteiger partial charge is 0.412 e. The molecule has 0 atom stereocenters. The van der Waals surface area contributed by atoms with E-state index in [-0.39, 0.29) is 60.6 Å². The second kappa shape index (κ2) is 13.4. The van der Waals surface area contributed by atoms with Crippen LogP contribution in [0.15, 0.2) is 36.4 Å². The Morgan fingerprint density at radius 3 is 1.45 bits per heavy atom. The molecule has 0 radical (unpaired) electrons. The fraction of sp³-hybridized carbons (Fsp3) is 0. The lowest BCUT2D eigenvalue weighted by atomic mass is 10.0. The normalized spacial score (nSPS) is 7.45. The first-order valence-electron chi connectivity index (χ1n) is 4.89. The molecule has 0 aliphatic rings. The molecular formula is C12H22Cl4N4O2. The number of nitrogen functional groups attached to an aromatic ring is 4. The van der Waals surface area contributed by atoms with Crippen molar-refractivity contribution in [3.05, 3.63) is 36.4 Å². The Balaban J connectivity index is -0.000000161. The van der Waals surface area contributed by atoms with Gasteiger partial charge in [0.05, 0.1) is 17.1 Å². The Hall–Kier alpha value is -1.28. The molecule has 0 aromatic heterocycles. The van der Waals surface area contributed by atoms with Crippen molar-refractivity contribution in [2.24, 2.45) is 0 Å². The van der Waals surface area contributed by atoms with Crippen LogP contribution in [0.2, 0.25) is 0 Å². The van der Waals surface area contributed by atoms with Gasteiger partial charge in [0, 0.05) is 11.3 Å². The first kappa shape index (κ1) is 32.6. The van der Waals surface area contributed by atoms with Crippen LogP contribution in [0, 0.1) is 0 Å². The molecule has 0 saturated carbocycles. The molecule has 0 bridgehead atoms. The summed E-state index contributed by atoms with van der Waals surface area (Å²) in [5.41, 5.74) is 27.0. The molecule has 0 amide bonds. The lowest BCUT2D eigenvalue weighted by Gasteiger charge is -2.10. The Bertz CT molecular complexity index is 541. The lowest BCUT2D eigenvalue weighted by Crippen LogP contribution is -2.01. The third-order valence-electron chi connectivity index (χ3n) is 2.54. The molecule has 0 saturated heterocycles. The maximum absolute atomic E-state index is 5.92. The van der Waals surface area contributed by atoms with Gasteiger partial charge in [-0.25, -0.2) is 0 Å². The Labute approximate surface area is 153 Å². The van der Waals surface area contributed by atoms with Crippen LogP contribution < -0.4 is 22.9 Å². The van der Waals surface area contributed by atoms with E-state index in [9.17, 15) is 0 Å². The zero-order valence-corrected chi connectivity index (χ0v) is 14.7. The molecule has 130 valence electrons. The second-order valence-electron chi connectivity index (χ2n) is 3.65. The smallest absolute Gasteiger partial charge is 0.0787 e. The first-order valence-corrected chi connectivity index (χ1v) is 4.89. The molecule has 2 aromatic rings. The van der Waals surface area contributed by atoms with Crippen LogP contribution in [0.1, 0.15) is 0 Å².